The molecule has 1 heterocycles. The predicted molar refractivity (Wildman–Crippen MR) is 80.0 cm³/mol. The highest BCUT2D eigenvalue weighted by molar-refractivity contribution is 14.1. The molecule has 4 nitrogen and oxygen atoms in total. The first-order valence-corrected chi connectivity index (χ1v) is 6.88. The Labute approximate surface area is 128 Å². The number of hydrogen-bond acceptors (Lipinski definition) is 3. The third-order valence-corrected chi connectivity index (χ3v) is 3.97. The second-order valence-corrected chi connectivity index (χ2v) is 5.60. The molecule has 1 aromatic heterocycles. The molecule has 94 valence electrons. The van der Waals surface area contributed by atoms with Crippen molar-refractivity contribution in [3.63, 3.8) is 0 Å². The first kappa shape index (κ1) is 13.8. The number of aromatic nitrogens is 2. The summed E-state index contributed by atoms with van der Waals surface area (Å²) >= 11 is 11.0. The Kier molecular flexibility index (Phi) is 4.23. The number of H-pyrrole nitrogens is 1. The van der Waals surface area contributed by atoms with Gasteiger partial charge in [0.2, 0.25) is 0 Å². The van der Waals surface area contributed by atoms with Gasteiger partial charge in [0.05, 0.1) is 17.0 Å². The van der Waals surface area contributed by atoms with Crippen LogP contribution >= 0.6 is 50.1 Å². The van der Waals surface area contributed by atoms with Gasteiger partial charge in [-0.2, -0.15) is 0 Å². The summed E-state index contributed by atoms with van der Waals surface area (Å²) in [7, 11) is 0. The summed E-state index contributed by atoms with van der Waals surface area (Å²) in [5, 5.41) is 3.09. The van der Waals surface area contributed by atoms with Crippen LogP contribution in [0.4, 0.5) is 15.9 Å². The molecule has 0 atom stereocenters. The van der Waals surface area contributed by atoms with Crippen LogP contribution in [0.3, 0.4) is 0 Å². The summed E-state index contributed by atoms with van der Waals surface area (Å²) < 4.78 is 13.9. The summed E-state index contributed by atoms with van der Waals surface area (Å²) in [6, 6.07) is 2.45. The molecule has 8 heteroatoms. The number of anilines is 2. The topological polar surface area (TPSA) is 57.8 Å². The van der Waals surface area contributed by atoms with Gasteiger partial charge in [-0.05, 0) is 50.7 Å². The second-order valence-electron chi connectivity index (χ2n) is 3.26. The average molecular weight is 444 g/mol. The zero-order chi connectivity index (χ0) is 13.3. The van der Waals surface area contributed by atoms with Crippen molar-refractivity contribution < 1.29 is 4.39 Å². The molecule has 0 aliphatic heterocycles. The Bertz CT molecular complexity index is 641. The minimum Gasteiger partial charge on any atom is -0.337 e. The van der Waals surface area contributed by atoms with E-state index in [9.17, 15) is 9.18 Å². The van der Waals surface area contributed by atoms with Crippen LogP contribution in [0.25, 0.3) is 0 Å². The zero-order valence-electron chi connectivity index (χ0n) is 8.60. The monoisotopic (exact) mass is 443 g/mol. The summed E-state index contributed by atoms with van der Waals surface area (Å²) in [6.07, 6.45) is 1.28. The summed E-state index contributed by atoms with van der Waals surface area (Å²) in [5.41, 5.74) is 0.191. The normalized spacial score (nSPS) is 10.4. The molecule has 0 radical (unpaired) electrons. The number of aromatic amines is 1. The van der Waals surface area contributed by atoms with Crippen molar-refractivity contribution in [2.45, 2.75) is 0 Å². The molecule has 0 aliphatic rings. The maximum atomic E-state index is 13.1. The number of halogens is 4. The molecule has 18 heavy (non-hydrogen) atoms. The van der Waals surface area contributed by atoms with Crippen molar-refractivity contribution in [2.24, 2.45) is 0 Å². The van der Waals surface area contributed by atoms with E-state index in [1.165, 1.54) is 18.5 Å². The fourth-order valence-electron chi connectivity index (χ4n) is 1.25. The van der Waals surface area contributed by atoms with Gasteiger partial charge in [0, 0.05) is 4.47 Å². The first-order chi connectivity index (χ1) is 8.49. The van der Waals surface area contributed by atoms with Gasteiger partial charge in [0.1, 0.15) is 9.39 Å². The van der Waals surface area contributed by atoms with E-state index < -0.39 is 5.82 Å². The Morgan fingerprint density at radius 3 is 2.89 bits per heavy atom. The highest BCUT2D eigenvalue weighted by atomic mass is 127. The lowest BCUT2D eigenvalue weighted by Gasteiger charge is -2.10. The minimum atomic E-state index is -0.453. The number of nitrogens with zero attached hydrogens (tertiary/aromatic N) is 1. The van der Waals surface area contributed by atoms with Gasteiger partial charge in [0.15, 0.2) is 5.82 Å². The maximum Gasteiger partial charge on any atom is 0.266 e. The zero-order valence-corrected chi connectivity index (χ0v) is 13.1. The Morgan fingerprint density at radius 2 is 2.22 bits per heavy atom. The Morgan fingerprint density at radius 1 is 1.50 bits per heavy atom. The van der Waals surface area contributed by atoms with Crippen LogP contribution in [-0.4, -0.2) is 9.97 Å². The molecule has 1 aromatic carbocycles. The molecule has 0 fully saturated rings. The van der Waals surface area contributed by atoms with Gasteiger partial charge in [0.25, 0.3) is 5.56 Å². The van der Waals surface area contributed by atoms with Crippen molar-refractivity contribution in [1.29, 1.82) is 0 Å². The molecule has 2 aromatic rings. The molecule has 0 unspecified atom stereocenters. The quantitative estimate of drug-likeness (QED) is 0.695. The average Bonchev–Trinajstić information content (AvgIpc) is 2.28. The van der Waals surface area contributed by atoms with Crippen LogP contribution in [-0.2, 0) is 0 Å². The van der Waals surface area contributed by atoms with E-state index in [2.05, 4.69) is 31.2 Å². The van der Waals surface area contributed by atoms with E-state index in [0.29, 0.717) is 19.5 Å². The van der Waals surface area contributed by atoms with Crippen LogP contribution in [0, 0.1) is 9.39 Å². The Balaban J connectivity index is 2.47. The molecule has 2 rings (SSSR count). The van der Waals surface area contributed by atoms with Crippen LogP contribution in [0.15, 0.2) is 27.7 Å². The number of hydrogen-bond donors (Lipinski definition) is 2. The van der Waals surface area contributed by atoms with Gasteiger partial charge in [-0.3, -0.25) is 4.79 Å². The van der Waals surface area contributed by atoms with Crippen LogP contribution in [0.2, 0.25) is 5.02 Å². The molecular formula is C10H5BrClFIN3O. The second kappa shape index (κ2) is 5.54. The van der Waals surface area contributed by atoms with Gasteiger partial charge in [-0.1, -0.05) is 11.6 Å². The highest BCUT2D eigenvalue weighted by Gasteiger charge is 2.12. The molecule has 0 amide bonds. The third-order valence-electron chi connectivity index (χ3n) is 2.05. The smallest absolute Gasteiger partial charge is 0.266 e. The first-order valence-electron chi connectivity index (χ1n) is 4.64. The van der Waals surface area contributed by atoms with E-state index in [1.807, 2.05) is 22.6 Å². The van der Waals surface area contributed by atoms with Crippen molar-refractivity contribution >= 4 is 61.6 Å². The maximum absolute atomic E-state index is 13.1. The van der Waals surface area contributed by atoms with Crippen molar-refractivity contribution in [2.75, 3.05) is 5.32 Å². The SMILES string of the molecule is O=c1[nH]cnc(Nc2c(Cl)cc(F)cc2Br)c1I. The predicted octanol–water partition coefficient (Wildman–Crippen LogP) is 3.67. The molecule has 2 N–H and O–H groups in total. The largest absolute Gasteiger partial charge is 0.337 e. The highest BCUT2D eigenvalue weighted by Crippen LogP contribution is 2.33. The van der Waals surface area contributed by atoms with E-state index in [4.69, 9.17) is 11.6 Å². The van der Waals surface area contributed by atoms with Gasteiger partial charge in [-0.25, -0.2) is 9.37 Å². The number of nitrogens with one attached hydrogen (secondary N) is 2. The summed E-state index contributed by atoms with van der Waals surface area (Å²) in [6.45, 7) is 0. The van der Waals surface area contributed by atoms with Crippen LogP contribution in [0.1, 0.15) is 0 Å². The molecule has 0 bridgehead atoms. The van der Waals surface area contributed by atoms with Gasteiger partial charge in [-0.15, -0.1) is 0 Å². The van der Waals surface area contributed by atoms with Crippen molar-refractivity contribution in [1.82, 2.24) is 9.97 Å². The molecule has 0 spiro atoms. The third kappa shape index (κ3) is 2.83. The van der Waals surface area contributed by atoms with E-state index in [-0.39, 0.29) is 10.6 Å². The summed E-state index contributed by atoms with van der Waals surface area (Å²) in [5.74, 6) is -0.0976. The molecule has 0 saturated carbocycles. The number of benzene rings is 1. The lowest BCUT2D eigenvalue weighted by atomic mass is 10.3. The summed E-state index contributed by atoms with van der Waals surface area (Å²) in [4.78, 5) is 17.8. The minimum absolute atomic E-state index is 0.194. The van der Waals surface area contributed by atoms with Gasteiger partial charge < -0.3 is 10.3 Å². The molecule has 0 saturated heterocycles. The Hall–Kier alpha value is -0.670. The lowest BCUT2D eigenvalue weighted by molar-refractivity contribution is 0.627. The van der Waals surface area contributed by atoms with Crippen molar-refractivity contribution in [3.8, 4) is 0 Å². The van der Waals surface area contributed by atoms with Crippen LogP contribution < -0.4 is 10.9 Å². The lowest BCUT2D eigenvalue weighted by Crippen LogP contribution is -2.13. The van der Waals surface area contributed by atoms with E-state index in [1.54, 1.807) is 0 Å². The standard InChI is InChI=1S/C10H5BrClFIN3O/c11-5-1-4(13)2-6(12)8(5)17-9-7(14)10(18)16-3-15-9/h1-3H,(H2,15,16,17,18). The number of rotatable bonds is 2. The van der Waals surface area contributed by atoms with Crippen LogP contribution in [0.5, 0.6) is 0 Å². The molecule has 0 aliphatic carbocycles. The fraction of sp³-hybridized carbons (Fsp3) is 0. The van der Waals surface area contributed by atoms with E-state index in [0.717, 1.165) is 0 Å². The van der Waals surface area contributed by atoms with Crippen molar-refractivity contribution in [3.05, 3.63) is 47.7 Å². The van der Waals surface area contributed by atoms with Gasteiger partial charge >= 0.3 is 0 Å². The molecular weight excluding hydrogens is 439 g/mol. The van der Waals surface area contributed by atoms with E-state index >= 15 is 0 Å². The fourth-order valence-corrected chi connectivity index (χ4v) is 2.58.